The molecule has 0 radical (unpaired) electrons. The van der Waals surface area contributed by atoms with Crippen molar-refractivity contribution in [3.63, 3.8) is 0 Å². The summed E-state index contributed by atoms with van der Waals surface area (Å²) in [6, 6.07) is 33.6. The number of fused-ring (bicyclic) bond motifs is 2. The van der Waals surface area contributed by atoms with Gasteiger partial charge in [0.2, 0.25) is 6.79 Å². The zero-order valence-corrected chi connectivity index (χ0v) is 25.2. The van der Waals surface area contributed by atoms with E-state index in [2.05, 4.69) is 106 Å². The third-order valence-corrected chi connectivity index (χ3v) is 8.07. The lowest BCUT2D eigenvalue weighted by atomic mass is 10.1. The number of oxazole rings is 1. The average Bonchev–Trinajstić information content (AvgIpc) is 3.77. The summed E-state index contributed by atoms with van der Waals surface area (Å²) in [6.45, 7) is 7.45. The van der Waals surface area contributed by atoms with Crippen LogP contribution in [0.4, 0.5) is 0 Å². The average molecular weight is 585 g/mol. The summed E-state index contributed by atoms with van der Waals surface area (Å²) in [5, 5.41) is 0. The Bertz CT molecular complexity index is 1880. The molecule has 3 heterocycles. The van der Waals surface area contributed by atoms with Crippen molar-refractivity contribution in [3.05, 3.63) is 120 Å². The highest BCUT2D eigenvalue weighted by Crippen LogP contribution is 2.35. The first kappa shape index (κ1) is 27.9. The lowest BCUT2D eigenvalue weighted by Crippen LogP contribution is -2.24. The fourth-order valence-electron chi connectivity index (χ4n) is 5.96. The fourth-order valence-corrected chi connectivity index (χ4v) is 5.96. The number of rotatable bonds is 11. The molecule has 1 aliphatic heterocycles. The Balaban J connectivity index is 1.32. The minimum atomic E-state index is 0.263. The standard InChI is InChI=1S/C37H36N4O3/c1-3-4-19-41-32(36(29-11-7-5-8-12-29)39-37(41)30-13-9-6-10-14-30)24-40(23-28-16-18-34-35(21-28)43-25-42-34)22-27-15-17-33-31(20-27)38-26(2)44-33/h5-18,20-21H,3-4,19,22-25H2,1-2H3. The third-order valence-electron chi connectivity index (χ3n) is 8.07. The summed E-state index contributed by atoms with van der Waals surface area (Å²) < 4.78 is 19.5. The predicted molar refractivity (Wildman–Crippen MR) is 172 cm³/mol. The van der Waals surface area contributed by atoms with E-state index >= 15 is 0 Å². The van der Waals surface area contributed by atoms with Crippen LogP contribution in [-0.2, 0) is 26.2 Å². The van der Waals surface area contributed by atoms with Crippen LogP contribution in [0.1, 0.15) is 42.5 Å². The summed E-state index contributed by atoms with van der Waals surface area (Å²) in [7, 11) is 0. The second-order valence-electron chi connectivity index (χ2n) is 11.3. The van der Waals surface area contributed by atoms with Gasteiger partial charge in [-0.05, 0) is 41.8 Å². The van der Waals surface area contributed by atoms with E-state index in [1.54, 1.807) is 0 Å². The molecule has 0 amide bonds. The third kappa shape index (κ3) is 5.83. The van der Waals surface area contributed by atoms with E-state index in [1.807, 2.05) is 19.1 Å². The van der Waals surface area contributed by atoms with Crippen molar-refractivity contribution < 1.29 is 13.9 Å². The Morgan fingerprint density at radius 3 is 2.23 bits per heavy atom. The molecule has 7 rings (SSSR count). The van der Waals surface area contributed by atoms with Crippen LogP contribution in [0, 0.1) is 6.92 Å². The monoisotopic (exact) mass is 584 g/mol. The molecule has 1 aliphatic rings. The quantitative estimate of drug-likeness (QED) is 0.152. The van der Waals surface area contributed by atoms with Gasteiger partial charge in [-0.3, -0.25) is 4.90 Å². The zero-order valence-electron chi connectivity index (χ0n) is 25.2. The summed E-state index contributed by atoms with van der Waals surface area (Å²) in [4.78, 5) is 12.4. The molecule has 0 unspecified atom stereocenters. The van der Waals surface area contributed by atoms with Gasteiger partial charge in [-0.25, -0.2) is 9.97 Å². The zero-order chi connectivity index (χ0) is 29.9. The highest BCUT2D eigenvalue weighted by molar-refractivity contribution is 5.73. The molecule has 7 nitrogen and oxygen atoms in total. The molecule has 0 fully saturated rings. The van der Waals surface area contributed by atoms with E-state index in [4.69, 9.17) is 18.9 Å². The van der Waals surface area contributed by atoms with Crippen LogP contribution in [0.2, 0.25) is 0 Å². The minimum absolute atomic E-state index is 0.263. The van der Waals surface area contributed by atoms with E-state index in [-0.39, 0.29) is 6.79 Å². The van der Waals surface area contributed by atoms with Gasteiger partial charge in [-0.1, -0.05) is 86.1 Å². The number of aromatic nitrogens is 3. The fraction of sp³-hybridized carbons (Fsp3) is 0.243. The number of imidazole rings is 1. The Morgan fingerprint density at radius 2 is 1.45 bits per heavy atom. The van der Waals surface area contributed by atoms with Gasteiger partial charge in [0.15, 0.2) is 23.0 Å². The molecule has 0 bridgehead atoms. The topological polar surface area (TPSA) is 65.6 Å². The van der Waals surface area contributed by atoms with Gasteiger partial charge in [0, 0.05) is 44.2 Å². The molecule has 0 saturated carbocycles. The SMILES string of the molecule is CCCCn1c(-c2ccccc2)nc(-c2ccccc2)c1CN(Cc1ccc2c(c1)OCO2)Cc1ccc2oc(C)nc2c1. The highest BCUT2D eigenvalue weighted by Gasteiger charge is 2.23. The molecule has 0 saturated heterocycles. The van der Waals surface area contributed by atoms with Crippen LogP contribution in [0.5, 0.6) is 11.5 Å². The number of benzene rings is 4. The minimum Gasteiger partial charge on any atom is -0.454 e. The maximum Gasteiger partial charge on any atom is 0.231 e. The Morgan fingerprint density at radius 1 is 0.750 bits per heavy atom. The number of nitrogens with zero attached hydrogens (tertiary/aromatic N) is 4. The Kier molecular flexibility index (Phi) is 7.86. The summed E-state index contributed by atoms with van der Waals surface area (Å²) in [6.07, 6.45) is 2.17. The largest absolute Gasteiger partial charge is 0.454 e. The van der Waals surface area contributed by atoms with Gasteiger partial charge < -0.3 is 18.5 Å². The summed E-state index contributed by atoms with van der Waals surface area (Å²) >= 11 is 0. The molecular formula is C37H36N4O3. The van der Waals surface area contributed by atoms with Crippen molar-refractivity contribution in [2.45, 2.75) is 52.9 Å². The van der Waals surface area contributed by atoms with Gasteiger partial charge in [-0.2, -0.15) is 0 Å². The lowest BCUT2D eigenvalue weighted by Gasteiger charge is -2.25. The van der Waals surface area contributed by atoms with Crippen molar-refractivity contribution in [1.82, 2.24) is 19.4 Å². The molecule has 44 heavy (non-hydrogen) atoms. The van der Waals surface area contributed by atoms with Crippen LogP contribution in [-0.4, -0.2) is 26.2 Å². The van der Waals surface area contributed by atoms with Gasteiger partial charge in [-0.15, -0.1) is 0 Å². The Labute approximate surface area is 257 Å². The van der Waals surface area contributed by atoms with E-state index in [1.165, 1.54) is 11.3 Å². The van der Waals surface area contributed by atoms with Crippen LogP contribution in [0.15, 0.2) is 101 Å². The molecule has 0 aliphatic carbocycles. The maximum atomic E-state index is 5.76. The lowest BCUT2D eigenvalue weighted by molar-refractivity contribution is 0.174. The molecular weight excluding hydrogens is 548 g/mol. The van der Waals surface area contributed by atoms with Crippen molar-refractivity contribution in [2.75, 3.05) is 6.79 Å². The molecule has 7 heteroatoms. The number of aryl methyl sites for hydroxylation is 1. The van der Waals surface area contributed by atoms with Crippen LogP contribution >= 0.6 is 0 Å². The molecule has 0 N–H and O–H groups in total. The van der Waals surface area contributed by atoms with E-state index < -0.39 is 0 Å². The van der Waals surface area contributed by atoms with Crippen molar-refractivity contribution in [1.29, 1.82) is 0 Å². The smallest absolute Gasteiger partial charge is 0.231 e. The van der Waals surface area contributed by atoms with Crippen molar-refractivity contribution in [2.24, 2.45) is 0 Å². The molecule has 6 aromatic rings. The van der Waals surface area contributed by atoms with Crippen LogP contribution < -0.4 is 9.47 Å². The number of hydrogen-bond donors (Lipinski definition) is 0. The second-order valence-corrected chi connectivity index (χ2v) is 11.3. The van der Waals surface area contributed by atoms with E-state index in [0.717, 1.165) is 83.3 Å². The highest BCUT2D eigenvalue weighted by atomic mass is 16.7. The number of ether oxygens (including phenoxy) is 2. The van der Waals surface area contributed by atoms with E-state index in [0.29, 0.717) is 12.4 Å². The molecule has 2 aromatic heterocycles. The van der Waals surface area contributed by atoms with Gasteiger partial charge in [0.05, 0.1) is 11.4 Å². The van der Waals surface area contributed by atoms with E-state index in [9.17, 15) is 0 Å². The maximum absolute atomic E-state index is 5.76. The molecule has 222 valence electrons. The van der Waals surface area contributed by atoms with Gasteiger partial charge in [0.25, 0.3) is 0 Å². The number of unbranched alkanes of at least 4 members (excludes halogenated alkanes) is 1. The van der Waals surface area contributed by atoms with Gasteiger partial charge >= 0.3 is 0 Å². The predicted octanol–water partition coefficient (Wildman–Crippen LogP) is 8.40. The normalized spacial score (nSPS) is 12.4. The molecule has 4 aromatic carbocycles. The van der Waals surface area contributed by atoms with Crippen molar-refractivity contribution >= 4 is 11.1 Å². The van der Waals surface area contributed by atoms with Crippen molar-refractivity contribution in [3.8, 4) is 34.1 Å². The molecule has 0 atom stereocenters. The van der Waals surface area contributed by atoms with Crippen LogP contribution in [0.3, 0.4) is 0 Å². The molecule has 0 spiro atoms. The van der Waals surface area contributed by atoms with Crippen LogP contribution in [0.25, 0.3) is 33.7 Å². The summed E-state index contributed by atoms with van der Waals surface area (Å²) in [5.74, 6) is 3.28. The first-order valence-electron chi connectivity index (χ1n) is 15.3. The first-order chi connectivity index (χ1) is 21.6. The number of hydrogen-bond acceptors (Lipinski definition) is 6. The first-order valence-corrected chi connectivity index (χ1v) is 15.3. The summed E-state index contributed by atoms with van der Waals surface area (Å²) in [5.41, 5.74) is 8.52. The van der Waals surface area contributed by atoms with Gasteiger partial charge in [0.1, 0.15) is 11.3 Å². The second kappa shape index (κ2) is 12.4. The Hall–Kier alpha value is -4.88.